The monoisotopic (exact) mass is 380 g/mol. The quantitative estimate of drug-likeness (QED) is 0.770. The Morgan fingerprint density at radius 2 is 2.15 bits per heavy atom. The Hall–Kier alpha value is -2.31. The topological polar surface area (TPSA) is 73.6 Å². The molecule has 1 aliphatic heterocycles. The van der Waals surface area contributed by atoms with Gasteiger partial charge in [0.05, 0.1) is 11.8 Å². The number of halogens is 2. The van der Waals surface area contributed by atoms with Crippen molar-refractivity contribution in [1.82, 2.24) is 0 Å². The van der Waals surface area contributed by atoms with Crippen LogP contribution >= 0.6 is 12.4 Å². The number of benzene rings is 2. The molecule has 140 valence electrons. The van der Waals surface area contributed by atoms with Crippen LogP contribution in [0.1, 0.15) is 28.8 Å². The number of nitrogens with two attached hydrogens (primary N) is 1. The Morgan fingerprint density at radius 3 is 2.88 bits per heavy atom. The Labute approximate surface area is 158 Å². The minimum atomic E-state index is -0.455. The predicted octanol–water partition coefficient (Wildman–Crippen LogP) is 3.95. The molecule has 0 saturated carbocycles. The number of aryl methyl sites for hydroxylation is 1. The second kappa shape index (κ2) is 8.87. The van der Waals surface area contributed by atoms with Crippen LogP contribution < -0.4 is 15.8 Å². The zero-order valence-electron chi connectivity index (χ0n) is 14.5. The third-order valence-corrected chi connectivity index (χ3v) is 4.14. The molecular formula is C19H22ClFN2O3. The van der Waals surface area contributed by atoms with E-state index in [2.05, 4.69) is 5.32 Å². The molecule has 0 aromatic heterocycles. The van der Waals surface area contributed by atoms with Crippen molar-refractivity contribution in [1.29, 1.82) is 0 Å². The van der Waals surface area contributed by atoms with Gasteiger partial charge < -0.3 is 20.5 Å². The summed E-state index contributed by atoms with van der Waals surface area (Å²) in [6, 6.07) is 9.13. The number of anilines is 2. The highest BCUT2D eigenvalue weighted by molar-refractivity contribution is 6.06. The first-order chi connectivity index (χ1) is 12.0. The van der Waals surface area contributed by atoms with Crippen molar-refractivity contribution in [2.75, 3.05) is 24.3 Å². The van der Waals surface area contributed by atoms with Crippen LogP contribution in [0.4, 0.5) is 15.8 Å². The highest BCUT2D eigenvalue weighted by atomic mass is 35.5. The van der Waals surface area contributed by atoms with Gasteiger partial charge in [0.25, 0.3) is 5.91 Å². The van der Waals surface area contributed by atoms with E-state index in [4.69, 9.17) is 15.2 Å². The average Bonchev–Trinajstić information content (AvgIpc) is 3.10. The van der Waals surface area contributed by atoms with Crippen molar-refractivity contribution in [3.63, 3.8) is 0 Å². The molecule has 1 atom stereocenters. The molecule has 2 aromatic carbocycles. The van der Waals surface area contributed by atoms with Gasteiger partial charge in [-0.05, 0) is 49.6 Å². The van der Waals surface area contributed by atoms with E-state index in [1.165, 1.54) is 18.2 Å². The number of nitrogen functional groups attached to an aromatic ring is 1. The Morgan fingerprint density at radius 1 is 1.35 bits per heavy atom. The van der Waals surface area contributed by atoms with E-state index in [1.54, 1.807) is 18.2 Å². The fourth-order valence-corrected chi connectivity index (χ4v) is 2.76. The van der Waals surface area contributed by atoms with E-state index in [1.807, 2.05) is 6.92 Å². The maximum atomic E-state index is 13.6. The molecule has 0 radical (unpaired) electrons. The maximum absolute atomic E-state index is 13.6. The van der Waals surface area contributed by atoms with Gasteiger partial charge in [0.15, 0.2) is 0 Å². The van der Waals surface area contributed by atoms with E-state index < -0.39 is 5.82 Å². The average molecular weight is 381 g/mol. The molecular weight excluding hydrogens is 359 g/mol. The summed E-state index contributed by atoms with van der Waals surface area (Å²) < 4.78 is 24.9. The first-order valence-corrected chi connectivity index (χ1v) is 8.24. The van der Waals surface area contributed by atoms with Crippen LogP contribution in [-0.4, -0.2) is 25.2 Å². The van der Waals surface area contributed by atoms with Crippen LogP contribution in [0.25, 0.3) is 0 Å². The Bertz CT molecular complexity index is 779. The van der Waals surface area contributed by atoms with Crippen LogP contribution in [0.15, 0.2) is 36.4 Å². The fourth-order valence-electron chi connectivity index (χ4n) is 2.76. The van der Waals surface area contributed by atoms with Gasteiger partial charge in [-0.1, -0.05) is 6.07 Å². The second-order valence-electron chi connectivity index (χ2n) is 6.11. The molecule has 1 heterocycles. The largest absolute Gasteiger partial charge is 0.489 e. The van der Waals surface area contributed by atoms with E-state index >= 15 is 0 Å². The number of hydrogen-bond acceptors (Lipinski definition) is 4. The third-order valence-electron chi connectivity index (χ3n) is 4.14. The lowest BCUT2D eigenvalue weighted by molar-refractivity contribution is 0.0681. The molecule has 1 amide bonds. The summed E-state index contributed by atoms with van der Waals surface area (Å²) in [5, 5.41) is 2.71. The van der Waals surface area contributed by atoms with Crippen LogP contribution in [0.5, 0.6) is 5.75 Å². The summed E-state index contributed by atoms with van der Waals surface area (Å²) in [7, 11) is 0. The highest BCUT2D eigenvalue weighted by Gasteiger charge is 2.18. The van der Waals surface area contributed by atoms with Crippen LogP contribution in [0, 0.1) is 12.7 Å². The molecule has 5 nitrogen and oxygen atoms in total. The van der Waals surface area contributed by atoms with Gasteiger partial charge in [0.1, 0.15) is 18.2 Å². The minimum absolute atomic E-state index is 0. The Kier molecular flexibility index (Phi) is 6.83. The molecule has 26 heavy (non-hydrogen) atoms. The Balaban J connectivity index is 0.00000243. The lowest BCUT2D eigenvalue weighted by Crippen LogP contribution is -2.18. The van der Waals surface area contributed by atoms with Crippen LogP contribution in [0.3, 0.4) is 0 Å². The van der Waals surface area contributed by atoms with Gasteiger partial charge in [0, 0.05) is 23.9 Å². The zero-order valence-corrected chi connectivity index (χ0v) is 15.3. The van der Waals surface area contributed by atoms with Gasteiger partial charge in [-0.25, -0.2) is 4.39 Å². The molecule has 3 N–H and O–H groups in total. The fraction of sp³-hybridized carbons (Fsp3) is 0.316. The third kappa shape index (κ3) is 4.86. The smallest absolute Gasteiger partial charge is 0.256 e. The normalized spacial score (nSPS) is 16.0. The van der Waals surface area contributed by atoms with Crippen molar-refractivity contribution < 1.29 is 18.7 Å². The molecule has 2 aromatic rings. The van der Waals surface area contributed by atoms with Gasteiger partial charge >= 0.3 is 0 Å². The van der Waals surface area contributed by atoms with Gasteiger partial charge in [-0.3, -0.25) is 4.79 Å². The molecule has 0 spiro atoms. The second-order valence-corrected chi connectivity index (χ2v) is 6.11. The van der Waals surface area contributed by atoms with Crippen molar-refractivity contribution in [3.8, 4) is 5.75 Å². The summed E-state index contributed by atoms with van der Waals surface area (Å²) >= 11 is 0. The number of hydrogen-bond donors (Lipinski definition) is 2. The van der Waals surface area contributed by atoms with Crippen molar-refractivity contribution in [3.05, 3.63) is 53.3 Å². The van der Waals surface area contributed by atoms with E-state index in [0.29, 0.717) is 23.6 Å². The number of nitrogens with one attached hydrogen (secondary N) is 1. The summed E-state index contributed by atoms with van der Waals surface area (Å²) in [5.41, 5.74) is 7.75. The zero-order chi connectivity index (χ0) is 17.8. The van der Waals surface area contributed by atoms with E-state index in [0.717, 1.165) is 25.0 Å². The van der Waals surface area contributed by atoms with Crippen LogP contribution in [-0.2, 0) is 4.74 Å². The predicted molar refractivity (Wildman–Crippen MR) is 102 cm³/mol. The molecule has 1 unspecified atom stereocenters. The first-order valence-electron chi connectivity index (χ1n) is 8.24. The lowest BCUT2D eigenvalue weighted by Gasteiger charge is -2.16. The standard InChI is InChI=1S/C19H21FN2O3.ClH/c1-12-4-6-14(21)10-16(12)19(23)22-17-9-13(20)5-7-18(17)25-11-15-3-2-8-24-15;/h4-7,9-10,15H,2-3,8,11,21H2,1H3,(H,22,23);1H. The minimum Gasteiger partial charge on any atom is -0.489 e. The number of carbonyl (C=O) groups is 1. The summed E-state index contributed by atoms with van der Waals surface area (Å²) in [6.45, 7) is 2.91. The molecule has 0 bridgehead atoms. The van der Waals surface area contributed by atoms with Gasteiger partial charge in [-0.2, -0.15) is 0 Å². The molecule has 1 fully saturated rings. The summed E-state index contributed by atoms with van der Waals surface area (Å²) in [6.07, 6.45) is 1.98. The first kappa shape index (κ1) is 20.0. The molecule has 0 aliphatic carbocycles. The van der Waals surface area contributed by atoms with E-state index in [9.17, 15) is 9.18 Å². The highest BCUT2D eigenvalue weighted by Crippen LogP contribution is 2.27. The number of carbonyl (C=O) groups excluding carboxylic acids is 1. The van der Waals surface area contributed by atoms with Gasteiger partial charge in [0.2, 0.25) is 0 Å². The van der Waals surface area contributed by atoms with Crippen molar-refractivity contribution >= 4 is 29.7 Å². The molecule has 3 rings (SSSR count). The molecule has 7 heteroatoms. The van der Waals surface area contributed by atoms with Crippen molar-refractivity contribution in [2.45, 2.75) is 25.9 Å². The van der Waals surface area contributed by atoms with Crippen LogP contribution in [0.2, 0.25) is 0 Å². The molecule has 1 aliphatic rings. The number of ether oxygens (including phenoxy) is 2. The van der Waals surface area contributed by atoms with E-state index in [-0.39, 0.29) is 30.1 Å². The maximum Gasteiger partial charge on any atom is 0.256 e. The number of rotatable bonds is 5. The SMILES string of the molecule is Cc1ccc(N)cc1C(=O)Nc1cc(F)ccc1OCC1CCCO1.Cl. The van der Waals surface area contributed by atoms with Gasteiger partial charge in [-0.15, -0.1) is 12.4 Å². The summed E-state index contributed by atoms with van der Waals surface area (Å²) in [5.74, 6) is -0.409. The van der Waals surface area contributed by atoms with Crippen molar-refractivity contribution in [2.24, 2.45) is 0 Å². The molecule has 1 saturated heterocycles. The summed E-state index contributed by atoms with van der Waals surface area (Å²) in [4.78, 5) is 12.5. The number of amides is 1. The lowest BCUT2D eigenvalue weighted by atomic mass is 10.1.